The number of aromatic nitrogens is 2. The van der Waals surface area contributed by atoms with Crippen LogP contribution in [0.5, 0.6) is 0 Å². The molecule has 1 aromatic heterocycles. The highest BCUT2D eigenvalue weighted by Gasteiger charge is 2.51. The van der Waals surface area contributed by atoms with E-state index in [0.29, 0.717) is 0 Å². The van der Waals surface area contributed by atoms with Gasteiger partial charge < -0.3 is 18.9 Å². The van der Waals surface area contributed by atoms with Gasteiger partial charge in [-0.1, -0.05) is 0 Å². The number of carbonyl (C=O) groups excluding carboxylic acids is 4. The van der Waals surface area contributed by atoms with Gasteiger partial charge in [0, 0.05) is 31.0 Å². The summed E-state index contributed by atoms with van der Waals surface area (Å²) in [5.74, 6) is -3.76. The van der Waals surface area contributed by atoms with Gasteiger partial charge in [-0.25, -0.2) is 4.79 Å². The number of H-pyrrole nitrogens is 1. The lowest BCUT2D eigenvalue weighted by atomic mass is 10.1. The Morgan fingerprint density at radius 2 is 1.72 bits per heavy atom. The lowest BCUT2D eigenvalue weighted by molar-refractivity contribution is -0.166. The second kappa shape index (κ2) is 8.82. The predicted molar refractivity (Wildman–Crippen MR) is 93.0 cm³/mol. The molecule has 1 aliphatic rings. The summed E-state index contributed by atoms with van der Waals surface area (Å²) in [7, 11) is 0. The molecule has 0 saturated carbocycles. The first-order valence-corrected chi connectivity index (χ1v) is 8.07. The van der Waals surface area contributed by atoms with Crippen molar-refractivity contribution in [3.05, 3.63) is 32.6 Å². The van der Waals surface area contributed by atoms with Gasteiger partial charge in [-0.2, -0.15) is 0 Å². The molecule has 12 nitrogen and oxygen atoms in total. The fourth-order valence-electron chi connectivity index (χ4n) is 2.74. The van der Waals surface area contributed by atoms with Crippen molar-refractivity contribution in [2.45, 2.75) is 52.2 Å². The van der Waals surface area contributed by atoms with Gasteiger partial charge in [0.05, 0.1) is 5.56 Å². The number of aromatic amines is 1. The Bertz CT molecular complexity index is 1010. The summed E-state index contributed by atoms with van der Waals surface area (Å²) >= 11 is 0. The zero-order chi connectivity index (χ0) is 24.0. The first-order chi connectivity index (χ1) is 15.1. The van der Waals surface area contributed by atoms with E-state index in [1.54, 1.807) is 0 Å². The first kappa shape index (κ1) is 17.8. The fraction of sp³-hybridized carbons (Fsp3) is 0.529. The minimum absolute atomic E-state index is 0.414. The fourth-order valence-corrected chi connectivity index (χ4v) is 2.74. The number of ether oxygens (including phenoxy) is 4. The number of Topliss-reactive ketones (excluding diaryl/α,β-unsaturated/α-hetero) is 1. The topological polar surface area (TPSA) is 160 Å². The molecule has 2 rings (SSSR count). The maximum atomic E-state index is 12.4. The van der Waals surface area contributed by atoms with E-state index in [2.05, 4.69) is 0 Å². The lowest BCUT2D eigenvalue weighted by Gasteiger charge is -2.24. The molecule has 0 aliphatic carbocycles. The van der Waals surface area contributed by atoms with Gasteiger partial charge in [-0.15, -0.1) is 0 Å². The third-order valence-corrected chi connectivity index (χ3v) is 3.85. The molecule has 1 N–H and O–H groups in total. The number of ketones is 1. The standard InChI is InChI=1S/C17H20N2O10/c1-7(20)11-5-19(17(25)18-15(11)24)16-14(28-10(4)23)13(27-9(3)22)12(29-16)6-26-8(2)21/h5,12-14,16H,6H2,1-4H3,(H,18,24,25)/t12-,13+,14-,16?/m1/s1/i2D,3D,4D. The van der Waals surface area contributed by atoms with Gasteiger partial charge in [-0.3, -0.25) is 33.5 Å². The maximum absolute atomic E-state index is 12.4. The Labute approximate surface area is 167 Å². The molecule has 1 saturated heterocycles. The third-order valence-electron chi connectivity index (χ3n) is 3.85. The molecule has 2 heterocycles. The zero-order valence-electron chi connectivity index (χ0n) is 18.2. The van der Waals surface area contributed by atoms with Crippen LogP contribution in [0, 0.1) is 0 Å². The second-order valence-electron chi connectivity index (χ2n) is 5.92. The van der Waals surface area contributed by atoms with Crippen LogP contribution >= 0.6 is 0 Å². The van der Waals surface area contributed by atoms with Crippen LogP contribution in [-0.2, 0) is 33.3 Å². The molecular weight excluding hydrogens is 392 g/mol. The van der Waals surface area contributed by atoms with Crippen LogP contribution in [0.1, 0.15) is 48.3 Å². The highest BCUT2D eigenvalue weighted by molar-refractivity contribution is 5.93. The van der Waals surface area contributed by atoms with Gasteiger partial charge in [0.15, 0.2) is 24.2 Å². The van der Waals surface area contributed by atoms with E-state index in [9.17, 15) is 28.8 Å². The van der Waals surface area contributed by atoms with Gasteiger partial charge >= 0.3 is 23.6 Å². The van der Waals surface area contributed by atoms with Crippen molar-refractivity contribution in [1.82, 2.24) is 9.55 Å². The highest BCUT2D eigenvalue weighted by atomic mass is 16.7. The second-order valence-corrected chi connectivity index (χ2v) is 5.92. The average molecular weight is 415 g/mol. The quantitative estimate of drug-likeness (QED) is 0.349. The minimum atomic E-state index is -1.56. The maximum Gasteiger partial charge on any atom is 0.330 e. The van der Waals surface area contributed by atoms with Gasteiger partial charge in [-0.05, 0) is 6.92 Å². The molecule has 0 bridgehead atoms. The van der Waals surface area contributed by atoms with Crippen molar-refractivity contribution < 1.29 is 42.2 Å². The van der Waals surface area contributed by atoms with E-state index in [1.807, 2.05) is 4.98 Å². The number of nitrogens with zero attached hydrogens (tertiary/aromatic N) is 1. The Morgan fingerprint density at radius 3 is 2.31 bits per heavy atom. The monoisotopic (exact) mass is 415 g/mol. The lowest BCUT2D eigenvalue weighted by Crippen LogP contribution is -2.43. The summed E-state index contributed by atoms with van der Waals surface area (Å²) in [5, 5.41) is 0. The largest absolute Gasteiger partial charge is 0.463 e. The van der Waals surface area contributed by atoms with E-state index in [4.69, 9.17) is 23.1 Å². The summed E-state index contributed by atoms with van der Waals surface area (Å²) < 4.78 is 42.7. The third kappa shape index (κ3) is 5.16. The van der Waals surface area contributed by atoms with Gasteiger partial charge in [0.1, 0.15) is 12.7 Å². The van der Waals surface area contributed by atoms with E-state index in [0.717, 1.165) is 17.7 Å². The van der Waals surface area contributed by atoms with Crippen molar-refractivity contribution in [3.8, 4) is 0 Å². The van der Waals surface area contributed by atoms with E-state index in [-0.39, 0.29) is 0 Å². The van der Waals surface area contributed by atoms with Crippen LogP contribution in [0.15, 0.2) is 15.8 Å². The Kier molecular flexibility index (Phi) is 5.41. The molecule has 0 amide bonds. The molecular formula is C17H20N2O10. The van der Waals surface area contributed by atoms with Crippen LogP contribution in [0.25, 0.3) is 0 Å². The molecule has 158 valence electrons. The molecule has 1 aliphatic heterocycles. The van der Waals surface area contributed by atoms with E-state index < -0.39 is 92.3 Å². The molecule has 0 radical (unpaired) electrons. The molecule has 0 aromatic carbocycles. The number of rotatable bonds is 6. The average Bonchev–Trinajstić information content (AvgIpc) is 3.08. The Balaban J connectivity index is 2.54. The molecule has 1 aromatic rings. The highest BCUT2D eigenvalue weighted by Crippen LogP contribution is 2.33. The summed E-state index contributed by atoms with van der Waals surface area (Å²) in [5.41, 5.74) is -2.43. The van der Waals surface area contributed by atoms with Crippen LogP contribution < -0.4 is 11.2 Å². The molecule has 4 atom stereocenters. The van der Waals surface area contributed by atoms with Crippen molar-refractivity contribution in [3.63, 3.8) is 0 Å². The summed E-state index contributed by atoms with van der Waals surface area (Å²) in [6, 6.07) is 0. The van der Waals surface area contributed by atoms with Crippen molar-refractivity contribution in [1.29, 1.82) is 0 Å². The summed E-state index contributed by atoms with van der Waals surface area (Å²) in [6.45, 7) is -1.86. The number of nitrogens with one attached hydrogen (secondary N) is 1. The van der Waals surface area contributed by atoms with Crippen molar-refractivity contribution in [2.24, 2.45) is 0 Å². The van der Waals surface area contributed by atoms with Gasteiger partial charge in [0.2, 0.25) is 0 Å². The Morgan fingerprint density at radius 1 is 1.10 bits per heavy atom. The molecule has 0 spiro atoms. The number of hydrogen-bond acceptors (Lipinski definition) is 10. The van der Waals surface area contributed by atoms with Crippen LogP contribution in [-0.4, -0.2) is 58.2 Å². The number of esters is 3. The van der Waals surface area contributed by atoms with Crippen LogP contribution in [0.2, 0.25) is 0 Å². The summed E-state index contributed by atoms with van der Waals surface area (Å²) in [6.07, 6.45) is -5.04. The van der Waals surface area contributed by atoms with E-state index >= 15 is 0 Å². The minimum Gasteiger partial charge on any atom is -0.463 e. The number of carbonyl (C=O) groups is 4. The molecule has 12 heteroatoms. The van der Waals surface area contributed by atoms with Crippen molar-refractivity contribution in [2.75, 3.05) is 6.61 Å². The summed E-state index contributed by atoms with van der Waals surface area (Å²) in [4.78, 5) is 72.9. The number of hydrogen-bond donors (Lipinski definition) is 1. The molecule has 29 heavy (non-hydrogen) atoms. The van der Waals surface area contributed by atoms with Crippen LogP contribution in [0.4, 0.5) is 0 Å². The zero-order valence-corrected chi connectivity index (χ0v) is 15.2. The van der Waals surface area contributed by atoms with Gasteiger partial charge in [0.25, 0.3) is 5.56 Å². The predicted octanol–water partition coefficient (Wildman–Crippen LogP) is -0.937. The van der Waals surface area contributed by atoms with E-state index in [1.165, 1.54) is 0 Å². The molecule has 1 unspecified atom stereocenters. The molecule has 1 fully saturated rings. The first-order valence-electron chi connectivity index (χ1n) is 10.2. The smallest absolute Gasteiger partial charge is 0.330 e. The Hall–Kier alpha value is -3.28. The van der Waals surface area contributed by atoms with Crippen molar-refractivity contribution >= 4 is 23.7 Å². The van der Waals surface area contributed by atoms with Crippen LogP contribution in [0.3, 0.4) is 0 Å². The SMILES string of the molecule is [2H]CC(=O)OC[C@H]1OC(n2cc(C(C)=O)c(=O)[nH]c2=O)[C@H](OC(=O)C[2H])[C@H]1OC(=O)C[2H]. The normalized spacial score (nSPS) is 24.7.